The van der Waals surface area contributed by atoms with E-state index in [1.807, 2.05) is 43.1 Å². The van der Waals surface area contributed by atoms with Crippen molar-refractivity contribution in [3.63, 3.8) is 0 Å². The average molecular weight is 265 g/mol. The number of nitrogens with one attached hydrogen (secondary N) is 1. The first-order chi connectivity index (χ1) is 9.11. The van der Waals surface area contributed by atoms with Gasteiger partial charge in [-0.3, -0.25) is 9.69 Å². The fraction of sp³-hybridized carbons (Fsp3) is 0.500. The van der Waals surface area contributed by atoms with Crippen molar-refractivity contribution in [3.05, 3.63) is 29.8 Å². The van der Waals surface area contributed by atoms with Gasteiger partial charge in [-0.2, -0.15) is 0 Å². The molecule has 1 aromatic carbocycles. The number of carbonyl (C=O) groups is 1. The molecule has 0 aromatic heterocycles. The summed E-state index contributed by atoms with van der Waals surface area (Å²) in [6.07, 6.45) is 0. The molecule has 0 bridgehead atoms. The summed E-state index contributed by atoms with van der Waals surface area (Å²) in [4.78, 5) is 13.7. The summed E-state index contributed by atoms with van der Waals surface area (Å²) >= 11 is 0. The molecule has 1 aromatic rings. The van der Waals surface area contributed by atoms with E-state index < -0.39 is 0 Å². The lowest BCUT2D eigenvalue weighted by atomic mass is 10.2. The Morgan fingerprint density at radius 2 is 2.00 bits per heavy atom. The van der Waals surface area contributed by atoms with Crippen molar-refractivity contribution in [1.29, 1.82) is 0 Å². The minimum Gasteiger partial charge on any atom is -0.379 e. The molecular weight excluding hydrogens is 242 g/mol. The first kappa shape index (κ1) is 15.6. The van der Waals surface area contributed by atoms with Gasteiger partial charge in [0.2, 0.25) is 5.91 Å². The van der Waals surface area contributed by atoms with Gasteiger partial charge in [0, 0.05) is 18.8 Å². The van der Waals surface area contributed by atoms with E-state index in [1.165, 1.54) is 5.56 Å². The fourth-order valence-electron chi connectivity index (χ4n) is 1.57. The summed E-state index contributed by atoms with van der Waals surface area (Å²) < 4.78 is 5.27. The van der Waals surface area contributed by atoms with Gasteiger partial charge in [-0.25, -0.2) is 0 Å². The SMILES string of the molecule is Cc1ccc(NC(=O)CN(C)CCOCCN)cc1. The van der Waals surface area contributed by atoms with Crippen molar-refractivity contribution in [2.24, 2.45) is 5.73 Å². The van der Waals surface area contributed by atoms with Crippen molar-refractivity contribution in [1.82, 2.24) is 4.90 Å². The number of amides is 1. The summed E-state index contributed by atoms with van der Waals surface area (Å²) in [6, 6.07) is 7.75. The van der Waals surface area contributed by atoms with E-state index >= 15 is 0 Å². The van der Waals surface area contributed by atoms with E-state index in [0.717, 1.165) is 5.69 Å². The molecule has 0 aliphatic rings. The minimum absolute atomic E-state index is 0.0230. The van der Waals surface area contributed by atoms with Crippen molar-refractivity contribution >= 4 is 11.6 Å². The summed E-state index contributed by atoms with van der Waals surface area (Å²) in [5.41, 5.74) is 7.32. The molecule has 0 aliphatic heterocycles. The number of carbonyl (C=O) groups excluding carboxylic acids is 1. The first-order valence-corrected chi connectivity index (χ1v) is 6.44. The van der Waals surface area contributed by atoms with Crippen molar-refractivity contribution in [2.75, 3.05) is 45.2 Å². The van der Waals surface area contributed by atoms with Gasteiger partial charge >= 0.3 is 0 Å². The van der Waals surface area contributed by atoms with Crippen molar-refractivity contribution in [2.45, 2.75) is 6.92 Å². The number of ether oxygens (including phenoxy) is 1. The second kappa shape index (κ2) is 8.63. The molecule has 0 spiro atoms. The lowest BCUT2D eigenvalue weighted by Gasteiger charge is -2.16. The molecule has 5 heteroatoms. The standard InChI is InChI=1S/C14H23N3O2/c1-12-3-5-13(6-4-12)16-14(18)11-17(2)8-10-19-9-7-15/h3-6H,7-11,15H2,1-2H3,(H,16,18). The monoisotopic (exact) mass is 265 g/mol. The van der Waals surface area contributed by atoms with E-state index in [0.29, 0.717) is 32.8 Å². The van der Waals surface area contributed by atoms with Crippen molar-refractivity contribution < 1.29 is 9.53 Å². The van der Waals surface area contributed by atoms with Crippen LogP contribution in [0, 0.1) is 6.92 Å². The zero-order valence-electron chi connectivity index (χ0n) is 11.7. The predicted octanol–water partition coefficient (Wildman–Crippen LogP) is 0.841. The molecule has 0 aliphatic carbocycles. The number of likely N-dealkylation sites (N-methyl/N-ethyl adjacent to an activating group) is 1. The van der Waals surface area contributed by atoms with Crippen molar-refractivity contribution in [3.8, 4) is 0 Å². The molecule has 5 nitrogen and oxygen atoms in total. The van der Waals surface area contributed by atoms with E-state index in [2.05, 4.69) is 5.32 Å². The number of nitrogens with two attached hydrogens (primary N) is 1. The van der Waals surface area contributed by atoms with Crippen LogP contribution in [0.5, 0.6) is 0 Å². The number of hydrogen-bond acceptors (Lipinski definition) is 4. The Balaban J connectivity index is 2.24. The van der Waals surface area contributed by atoms with Gasteiger partial charge in [-0.15, -0.1) is 0 Å². The summed E-state index contributed by atoms with van der Waals surface area (Å²) in [6.45, 7) is 4.74. The van der Waals surface area contributed by atoms with Crippen LogP contribution in [0.4, 0.5) is 5.69 Å². The number of anilines is 1. The molecule has 0 heterocycles. The molecule has 0 radical (unpaired) electrons. The summed E-state index contributed by atoms with van der Waals surface area (Å²) in [7, 11) is 1.89. The molecule has 19 heavy (non-hydrogen) atoms. The summed E-state index contributed by atoms with van der Waals surface area (Å²) in [5.74, 6) is -0.0230. The molecule has 1 amide bonds. The van der Waals surface area contributed by atoms with Gasteiger partial charge in [0.1, 0.15) is 0 Å². The normalized spacial score (nSPS) is 10.7. The van der Waals surface area contributed by atoms with Crippen LogP contribution in [0.1, 0.15) is 5.56 Å². The second-order valence-electron chi connectivity index (χ2n) is 4.55. The maximum absolute atomic E-state index is 11.8. The van der Waals surface area contributed by atoms with Crippen LogP contribution in [-0.4, -0.2) is 50.7 Å². The van der Waals surface area contributed by atoms with Gasteiger partial charge in [0.05, 0.1) is 19.8 Å². The van der Waals surface area contributed by atoms with Gasteiger partial charge < -0.3 is 15.8 Å². The fourth-order valence-corrected chi connectivity index (χ4v) is 1.57. The van der Waals surface area contributed by atoms with Crippen LogP contribution in [-0.2, 0) is 9.53 Å². The smallest absolute Gasteiger partial charge is 0.238 e. The Labute approximate surface area is 114 Å². The third-order valence-corrected chi connectivity index (χ3v) is 2.63. The molecular formula is C14H23N3O2. The van der Waals surface area contributed by atoms with Crippen LogP contribution < -0.4 is 11.1 Å². The number of hydrogen-bond donors (Lipinski definition) is 2. The Hall–Kier alpha value is -1.43. The third kappa shape index (κ3) is 6.91. The zero-order chi connectivity index (χ0) is 14.1. The Kier molecular flexibility index (Phi) is 7.10. The number of benzene rings is 1. The zero-order valence-corrected chi connectivity index (χ0v) is 11.7. The van der Waals surface area contributed by atoms with Gasteiger partial charge in [-0.05, 0) is 26.1 Å². The van der Waals surface area contributed by atoms with Gasteiger partial charge in [0.15, 0.2) is 0 Å². The Bertz CT molecular complexity index is 379. The highest BCUT2D eigenvalue weighted by atomic mass is 16.5. The quantitative estimate of drug-likeness (QED) is 0.684. The molecule has 0 atom stereocenters. The molecule has 0 unspecified atom stereocenters. The van der Waals surface area contributed by atoms with Crippen LogP contribution in [0.15, 0.2) is 24.3 Å². The molecule has 3 N–H and O–H groups in total. The largest absolute Gasteiger partial charge is 0.379 e. The summed E-state index contributed by atoms with van der Waals surface area (Å²) in [5, 5.41) is 2.86. The lowest BCUT2D eigenvalue weighted by molar-refractivity contribution is -0.117. The molecule has 1 rings (SSSR count). The maximum atomic E-state index is 11.8. The number of aryl methyl sites for hydroxylation is 1. The third-order valence-electron chi connectivity index (χ3n) is 2.63. The van der Waals surface area contributed by atoms with Gasteiger partial charge in [0.25, 0.3) is 0 Å². The highest BCUT2D eigenvalue weighted by molar-refractivity contribution is 5.92. The highest BCUT2D eigenvalue weighted by Crippen LogP contribution is 2.08. The minimum atomic E-state index is -0.0230. The Morgan fingerprint density at radius 1 is 1.32 bits per heavy atom. The highest BCUT2D eigenvalue weighted by Gasteiger charge is 2.06. The van der Waals surface area contributed by atoms with Gasteiger partial charge in [-0.1, -0.05) is 17.7 Å². The van der Waals surface area contributed by atoms with Crippen LogP contribution in [0.3, 0.4) is 0 Å². The van der Waals surface area contributed by atoms with Crippen LogP contribution >= 0.6 is 0 Å². The maximum Gasteiger partial charge on any atom is 0.238 e. The van der Waals surface area contributed by atoms with E-state index in [9.17, 15) is 4.79 Å². The van der Waals surface area contributed by atoms with E-state index in [4.69, 9.17) is 10.5 Å². The second-order valence-corrected chi connectivity index (χ2v) is 4.55. The molecule has 0 saturated heterocycles. The lowest BCUT2D eigenvalue weighted by Crippen LogP contribution is -2.32. The average Bonchev–Trinajstić information content (AvgIpc) is 2.37. The molecule has 0 fully saturated rings. The molecule has 106 valence electrons. The van der Waals surface area contributed by atoms with Crippen LogP contribution in [0.2, 0.25) is 0 Å². The number of nitrogens with zero attached hydrogens (tertiary/aromatic N) is 1. The predicted molar refractivity (Wildman–Crippen MR) is 77.2 cm³/mol. The Morgan fingerprint density at radius 3 is 2.63 bits per heavy atom. The molecule has 0 saturated carbocycles. The van der Waals surface area contributed by atoms with E-state index in [1.54, 1.807) is 0 Å². The number of rotatable bonds is 8. The topological polar surface area (TPSA) is 67.6 Å². The first-order valence-electron chi connectivity index (χ1n) is 6.44. The van der Waals surface area contributed by atoms with E-state index in [-0.39, 0.29) is 5.91 Å². The van der Waals surface area contributed by atoms with Crippen LogP contribution in [0.25, 0.3) is 0 Å².